The first-order valence-electron chi connectivity index (χ1n) is 5.36. The molecule has 0 fully saturated rings. The molecule has 0 spiro atoms. The number of alkyl halides is 2. The van der Waals surface area contributed by atoms with Crippen LogP contribution in [0.25, 0.3) is 0 Å². The molecular weight excluding hydrogens is 212 g/mol. The lowest BCUT2D eigenvalue weighted by atomic mass is 9.88. The number of hydrogen-bond donors (Lipinski definition) is 1. The van der Waals surface area contributed by atoms with Crippen molar-refractivity contribution in [3.05, 3.63) is 12.4 Å². The van der Waals surface area contributed by atoms with E-state index >= 15 is 0 Å². The van der Waals surface area contributed by atoms with Gasteiger partial charge in [-0.1, -0.05) is 20.8 Å². The highest BCUT2D eigenvalue weighted by Gasteiger charge is 2.20. The molecule has 1 heterocycles. The Bertz CT molecular complexity index is 328. The molecule has 0 saturated carbocycles. The molecule has 5 heteroatoms. The molecule has 0 aliphatic rings. The molecular formula is C11H19F2N3. The van der Waals surface area contributed by atoms with Crippen molar-refractivity contribution in [2.45, 2.75) is 46.7 Å². The van der Waals surface area contributed by atoms with E-state index in [0.717, 1.165) is 5.69 Å². The minimum absolute atomic E-state index is 0.116. The van der Waals surface area contributed by atoms with Crippen molar-refractivity contribution in [3.8, 4) is 0 Å². The molecule has 0 radical (unpaired) electrons. The Morgan fingerprint density at radius 3 is 2.56 bits per heavy atom. The van der Waals surface area contributed by atoms with Gasteiger partial charge in [-0.15, -0.1) is 0 Å². The topological polar surface area (TPSA) is 29.9 Å². The number of halogens is 2. The van der Waals surface area contributed by atoms with Crippen LogP contribution in [-0.4, -0.2) is 22.2 Å². The zero-order valence-corrected chi connectivity index (χ0v) is 10.2. The molecule has 1 aromatic heterocycles. The van der Waals surface area contributed by atoms with Gasteiger partial charge >= 0.3 is 0 Å². The van der Waals surface area contributed by atoms with Gasteiger partial charge in [0, 0.05) is 12.2 Å². The Kier molecular flexibility index (Phi) is 3.88. The van der Waals surface area contributed by atoms with Gasteiger partial charge in [0.05, 0.1) is 11.9 Å². The maximum Gasteiger partial charge on any atom is 0.257 e. The van der Waals surface area contributed by atoms with Gasteiger partial charge in [-0.3, -0.25) is 4.68 Å². The van der Waals surface area contributed by atoms with Crippen molar-refractivity contribution >= 4 is 5.69 Å². The molecule has 0 aromatic carbocycles. The summed E-state index contributed by atoms with van der Waals surface area (Å²) in [6.07, 6.45) is 0.812. The van der Waals surface area contributed by atoms with Gasteiger partial charge in [0.15, 0.2) is 0 Å². The lowest BCUT2D eigenvalue weighted by molar-refractivity contribution is 0.122. The van der Waals surface area contributed by atoms with Gasteiger partial charge in [0.25, 0.3) is 6.43 Å². The summed E-state index contributed by atoms with van der Waals surface area (Å²) >= 11 is 0. The van der Waals surface area contributed by atoms with Crippen LogP contribution in [0, 0.1) is 5.41 Å². The molecule has 0 saturated heterocycles. The fourth-order valence-electron chi connectivity index (χ4n) is 1.15. The van der Waals surface area contributed by atoms with E-state index in [1.54, 1.807) is 12.4 Å². The maximum absolute atomic E-state index is 12.1. The molecule has 0 aliphatic carbocycles. The normalized spacial score (nSPS) is 14.2. The van der Waals surface area contributed by atoms with Crippen LogP contribution >= 0.6 is 0 Å². The number of nitrogens with one attached hydrogen (secondary N) is 1. The molecule has 0 aliphatic heterocycles. The average molecular weight is 231 g/mol. The largest absolute Gasteiger partial charge is 0.380 e. The number of aromatic nitrogens is 2. The third kappa shape index (κ3) is 3.79. The van der Waals surface area contributed by atoms with Gasteiger partial charge in [0.2, 0.25) is 0 Å². The summed E-state index contributed by atoms with van der Waals surface area (Å²) in [6.45, 7) is 8.06. The summed E-state index contributed by atoms with van der Waals surface area (Å²) in [5.41, 5.74) is 0.897. The van der Waals surface area contributed by atoms with Gasteiger partial charge in [-0.25, -0.2) is 8.78 Å². The van der Waals surface area contributed by atoms with Crippen molar-refractivity contribution in [1.29, 1.82) is 0 Å². The zero-order valence-electron chi connectivity index (χ0n) is 10.2. The highest BCUT2D eigenvalue weighted by molar-refractivity contribution is 5.39. The molecule has 16 heavy (non-hydrogen) atoms. The molecule has 1 aromatic rings. The van der Waals surface area contributed by atoms with Crippen LogP contribution in [0.15, 0.2) is 12.4 Å². The minimum atomic E-state index is -2.37. The van der Waals surface area contributed by atoms with Crippen LogP contribution in [0.3, 0.4) is 0 Å². The van der Waals surface area contributed by atoms with Crippen LogP contribution in [-0.2, 0) is 6.54 Å². The Morgan fingerprint density at radius 2 is 2.06 bits per heavy atom. The highest BCUT2D eigenvalue weighted by Crippen LogP contribution is 2.22. The van der Waals surface area contributed by atoms with E-state index in [1.165, 1.54) is 4.68 Å². The number of anilines is 1. The van der Waals surface area contributed by atoms with E-state index in [1.807, 2.05) is 0 Å². The average Bonchev–Trinajstić information content (AvgIpc) is 2.49. The minimum Gasteiger partial charge on any atom is -0.380 e. The number of hydrogen-bond acceptors (Lipinski definition) is 2. The molecule has 1 rings (SSSR count). The van der Waals surface area contributed by atoms with Crippen molar-refractivity contribution in [3.63, 3.8) is 0 Å². The SMILES string of the molecule is C[C@@H](Nc1cnn(CC(F)F)c1)C(C)(C)C. The standard InChI is InChI=1S/C11H19F2N3/c1-8(11(2,3)4)15-9-5-14-16(6-9)7-10(12)13/h5-6,8,10,15H,7H2,1-4H3/t8-/m1/s1. The molecule has 3 nitrogen and oxygen atoms in total. The second-order valence-corrected chi connectivity index (χ2v) is 5.07. The van der Waals surface area contributed by atoms with Crippen molar-refractivity contribution in [2.75, 3.05) is 5.32 Å². The monoisotopic (exact) mass is 231 g/mol. The summed E-state index contributed by atoms with van der Waals surface area (Å²) < 4.78 is 25.5. The van der Waals surface area contributed by atoms with Crippen LogP contribution < -0.4 is 5.32 Å². The highest BCUT2D eigenvalue weighted by atomic mass is 19.3. The fourth-order valence-corrected chi connectivity index (χ4v) is 1.15. The van der Waals surface area contributed by atoms with Crippen molar-refractivity contribution in [1.82, 2.24) is 9.78 Å². The van der Waals surface area contributed by atoms with E-state index in [4.69, 9.17) is 0 Å². The zero-order chi connectivity index (χ0) is 12.3. The van der Waals surface area contributed by atoms with Crippen LogP contribution in [0.2, 0.25) is 0 Å². The summed E-state index contributed by atoms with van der Waals surface area (Å²) in [5, 5.41) is 7.11. The first kappa shape index (κ1) is 12.9. The predicted molar refractivity (Wildman–Crippen MR) is 60.8 cm³/mol. The predicted octanol–water partition coefficient (Wildman–Crippen LogP) is 2.99. The quantitative estimate of drug-likeness (QED) is 0.863. The number of nitrogens with zero attached hydrogens (tertiary/aromatic N) is 2. The first-order valence-corrected chi connectivity index (χ1v) is 5.36. The van der Waals surface area contributed by atoms with Gasteiger partial charge in [0.1, 0.15) is 6.54 Å². The molecule has 0 bridgehead atoms. The Hall–Kier alpha value is -1.13. The summed E-state index contributed by atoms with van der Waals surface area (Å²) in [4.78, 5) is 0. The molecule has 1 N–H and O–H groups in total. The molecule has 0 unspecified atom stereocenters. The molecule has 0 amide bonds. The van der Waals surface area contributed by atoms with Crippen LogP contribution in [0.1, 0.15) is 27.7 Å². The van der Waals surface area contributed by atoms with Crippen LogP contribution in [0.4, 0.5) is 14.5 Å². The molecule has 1 atom stereocenters. The van der Waals surface area contributed by atoms with E-state index < -0.39 is 6.43 Å². The van der Waals surface area contributed by atoms with Crippen LogP contribution in [0.5, 0.6) is 0 Å². The van der Waals surface area contributed by atoms with Gasteiger partial charge in [-0.2, -0.15) is 5.10 Å². The second-order valence-electron chi connectivity index (χ2n) is 5.07. The lowest BCUT2D eigenvalue weighted by Crippen LogP contribution is -2.30. The third-order valence-corrected chi connectivity index (χ3v) is 2.64. The van der Waals surface area contributed by atoms with Crippen molar-refractivity contribution in [2.24, 2.45) is 5.41 Å². The van der Waals surface area contributed by atoms with E-state index in [2.05, 4.69) is 38.1 Å². The molecule has 92 valence electrons. The lowest BCUT2D eigenvalue weighted by Gasteiger charge is -2.28. The fraction of sp³-hybridized carbons (Fsp3) is 0.727. The Morgan fingerprint density at radius 1 is 1.44 bits per heavy atom. The smallest absolute Gasteiger partial charge is 0.257 e. The number of rotatable bonds is 4. The van der Waals surface area contributed by atoms with Gasteiger partial charge in [-0.05, 0) is 12.3 Å². The van der Waals surface area contributed by atoms with Gasteiger partial charge < -0.3 is 5.32 Å². The van der Waals surface area contributed by atoms with E-state index in [0.29, 0.717) is 0 Å². The Labute approximate surface area is 94.8 Å². The summed E-state index contributed by atoms with van der Waals surface area (Å²) in [5.74, 6) is 0. The van der Waals surface area contributed by atoms with Crippen molar-refractivity contribution < 1.29 is 8.78 Å². The second kappa shape index (κ2) is 4.80. The maximum atomic E-state index is 12.1. The summed E-state index contributed by atoms with van der Waals surface area (Å²) in [6, 6.07) is 0.247. The first-order chi connectivity index (χ1) is 7.29. The Balaban J connectivity index is 2.58. The third-order valence-electron chi connectivity index (χ3n) is 2.64. The van der Waals surface area contributed by atoms with E-state index in [-0.39, 0.29) is 18.0 Å². The van der Waals surface area contributed by atoms with E-state index in [9.17, 15) is 8.78 Å². The summed E-state index contributed by atoms with van der Waals surface area (Å²) in [7, 11) is 0.